The normalized spacial score (nSPS) is 19.0. The summed E-state index contributed by atoms with van der Waals surface area (Å²) < 4.78 is 0. The Morgan fingerprint density at radius 3 is 2.38 bits per heavy atom. The topological polar surface area (TPSA) is 38.4 Å². The zero-order valence-corrected chi connectivity index (χ0v) is 5.81. The number of nitrogens with zero attached hydrogens (tertiary/aromatic N) is 1. The zero-order chi connectivity index (χ0) is 6.62. The molecule has 1 atom stereocenters. The van der Waals surface area contributed by atoms with Gasteiger partial charge < -0.3 is 5.73 Å². The predicted octanol–water partition coefficient (Wildman–Crippen LogP) is 1.16. The maximum atomic E-state index is 5.63. The average Bonchev–Trinajstić information content (AvgIpc) is 1.67. The third-order valence-electron chi connectivity index (χ3n) is 1.14. The van der Waals surface area contributed by atoms with E-state index in [0.717, 1.165) is 6.42 Å². The Labute approximate surface area is 50.8 Å². The van der Waals surface area contributed by atoms with Crippen LogP contribution in [0.3, 0.4) is 0 Å². The molecule has 0 saturated heterocycles. The second-order valence-corrected chi connectivity index (χ2v) is 2.10. The van der Waals surface area contributed by atoms with Gasteiger partial charge >= 0.3 is 0 Å². The molecular weight excluding hydrogens is 100 g/mol. The highest BCUT2D eigenvalue weighted by Crippen LogP contribution is 2.03. The van der Waals surface area contributed by atoms with E-state index in [0.29, 0.717) is 0 Å². The minimum atomic E-state index is -0.339. The van der Waals surface area contributed by atoms with Crippen molar-refractivity contribution in [3.8, 4) is 0 Å². The third kappa shape index (κ3) is 2.75. The van der Waals surface area contributed by atoms with Gasteiger partial charge in [-0.15, -0.1) is 0 Å². The van der Waals surface area contributed by atoms with Crippen molar-refractivity contribution in [1.29, 1.82) is 0 Å². The molecule has 1 unspecified atom stereocenters. The van der Waals surface area contributed by atoms with Gasteiger partial charge in [-0.2, -0.15) is 0 Å². The van der Waals surface area contributed by atoms with Crippen LogP contribution in [0.5, 0.6) is 0 Å². The van der Waals surface area contributed by atoms with Crippen LogP contribution in [0.4, 0.5) is 0 Å². The van der Waals surface area contributed by atoms with E-state index >= 15 is 0 Å². The summed E-state index contributed by atoms with van der Waals surface area (Å²) in [5, 5.41) is 0. The number of hydrogen-bond donors (Lipinski definition) is 1. The van der Waals surface area contributed by atoms with Gasteiger partial charge in [-0.25, -0.2) is 0 Å². The summed E-state index contributed by atoms with van der Waals surface area (Å²) in [5.74, 6) is 0. The van der Waals surface area contributed by atoms with E-state index in [2.05, 4.69) is 4.99 Å². The van der Waals surface area contributed by atoms with Gasteiger partial charge in [0.2, 0.25) is 0 Å². The predicted molar refractivity (Wildman–Crippen MR) is 37.0 cm³/mol. The molecule has 0 fully saturated rings. The van der Waals surface area contributed by atoms with E-state index in [9.17, 15) is 0 Å². The standard InChI is InChI=1S/C6H14N2/c1-4-6(3,7)8-5-2/h5H,4,7H2,1-3H3. The Bertz CT molecular complexity index is 84.5. The second-order valence-electron chi connectivity index (χ2n) is 2.10. The molecule has 0 aliphatic heterocycles. The van der Waals surface area contributed by atoms with E-state index < -0.39 is 0 Å². The molecule has 0 aliphatic carbocycles. The molecule has 0 aromatic heterocycles. The molecule has 0 aromatic rings. The van der Waals surface area contributed by atoms with Gasteiger partial charge in [-0.05, 0) is 26.5 Å². The molecule has 0 saturated carbocycles. The van der Waals surface area contributed by atoms with E-state index in [1.807, 2.05) is 20.8 Å². The van der Waals surface area contributed by atoms with Crippen molar-refractivity contribution in [3.63, 3.8) is 0 Å². The van der Waals surface area contributed by atoms with Crippen LogP contribution < -0.4 is 5.73 Å². The van der Waals surface area contributed by atoms with Crippen molar-refractivity contribution >= 4 is 6.21 Å². The van der Waals surface area contributed by atoms with Gasteiger partial charge in [-0.3, -0.25) is 4.99 Å². The maximum absolute atomic E-state index is 5.63. The molecule has 2 N–H and O–H groups in total. The number of aliphatic imine (C=N–C) groups is 1. The zero-order valence-electron chi connectivity index (χ0n) is 5.81. The summed E-state index contributed by atoms with van der Waals surface area (Å²) in [4.78, 5) is 4.03. The van der Waals surface area contributed by atoms with Crippen LogP contribution in [0.1, 0.15) is 27.2 Å². The molecule has 0 aliphatic rings. The van der Waals surface area contributed by atoms with Gasteiger partial charge in [0.15, 0.2) is 0 Å². The lowest BCUT2D eigenvalue weighted by Gasteiger charge is -2.15. The van der Waals surface area contributed by atoms with E-state index in [1.165, 1.54) is 0 Å². The largest absolute Gasteiger partial charge is 0.307 e. The maximum Gasteiger partial charge on any atom is 0.104 e. The molecule has 2 heteroatoms. The van der Waals surface area contributed by atoms with E-state index in [1.54, 1.807) is 6.21 Å². The van der Waals surface area contributed by atoms with E-state index in [-0.39, 0.29) is 5.66 Å². The lowest BCUT2D eigenvalue weighted by molar-refractivity contribution is 0.479. The fourth-order valence-electron chi connectivity index (χ4n) is 0.386. The molecule has 0 spiro atoms. The smallest absolute Gasteiger partial charge is 0.104 e. The van der Waals surface area contributed by atoms with Crippen molar-refractivity contribution < 1.29 is 0 Å². The molecule has 0 amide bonds. The number of hydrogen-bond acceptors (Lipinski definition) is 2. The minimum absolute atomic E-state index is 0.339. The monoisotopic (exact) mass is 114 g/mol. The highest BCUT2D eigenvalue weighted by Gasteiger charge is 2.09. The Balaban J connectivity index is 3.71. The Hall–Kier alpha value is -0.370. The van der Waals surface area contributed by atoms with Crippen molar-refractivity contribution in [1.82, 2.24) is 0 Å². The Kier molecular flexibility index (Phi) is 2.69. The summed E-state index contributed by atoms with van der Waals surface area (Å²) in [6.45, 7) is 5.81. The van der Waals surface area contributed by atoms with Crippen LogP contribution in [0.25, 0.3) is 0 Å². The van der Waals surface area contributed by atoms with Crippen LogP contribution in [0.15, 0.2) is 4.99 Å². The first-order valence-electron chi connectivity index (χ1n) is 2.91. The van der Waals surface area contributed by atoms with Crippen molar-refractivity contribution in [2.45, 2.75) is 32.9 Å². The summed E-state index contributed by atoms with van der Waals surface area (Å²) >= 11 is 0. The molecule has 0 aromatic carbocycles. The Morgan fingerprint density at radius 2 is 2.25 bits per heavy atom. The highest BCUT2D eigenvalue weighted by atomic mass is 15.0. The number of nitrogens with two attached hydrogens (primary N) is 1. The summed E-state index contributed by atoms with van der Waals surface area (Å²) in [6, 6.07) is 0. The van der Waals surface area contributed by atoms with Gasteiger partial charge in [0.05, 0.1) is 0 Å². The van der Waals surface area contributed by atoms with Crippen molar-refractivity contribution in [2.75, 3.05) is 0 Å². The second kappa shape index (κ2) is 2.82. The van der Waals surface area contributed by atoms with Gasteiger partial charge in [0.25, 0.3) is 0 Å². The van der Waals surface area contributed by atoms with Crippen LogP contribution in [0.2, 0.25) is 0 Å². The average molecular weight is 114 g/mol. The van der Waals surface area contributed by atoms with Crippen LogP contribution in [-0.4, -0.2) is 11.9 Å². The first-order valence-corrected chi connectivity index (χ1v) is 2.91. The quantitative estimate of drug-likeness (QED) is 0.537. The van der Waals surface area contributed by atoms with Gasteiger partial charge in [0, 0.05) is 0 Å². The van der Waals surface area contributed by atoms with Gasteiger partial charge in [0.1, 0.15) is 5.66 Å². The number of rotatable bonds is 2. The first-order chi connectivity index (χ1) is 3.62. The molecule has 48 valence electrons. The van der Waals surface area contributed by atoms with Crippen LogP contribution in [0, 0.1) is 0 Å². The molecule has 8 heavy (non-hydrogen) atoms. The summed E-state index contributed by atoms with van der Waals surface area (Å²) in [6.07, 6.45) is 2.63. The van der Waals surface area contributed by atoms with Crippen LogP contribution in [-0.2, 0) is 0 Å². The third-order valence-corrected chi connectivity index (χ3v) is 1.14. The van der Waals surface area contributed by atoms with E-state index in [4.69, 9.17) is 5.73 Å². The lowest BCUT2D eigenvalue weighted by atomic mass is 10.2. The fraction of sp³-hybridized carbons (Fsp3) is 0.833. The molecule has 2 nitrogen and oxygen atoms in total. The first kappa shape index (κ1) is 7.63. The summed E-state index contributed by atoms with van der Waals surface area (Å²) in [7, 11) is 0. The fourth-order valence-corrected chi connectivity index (χ4v) is 0.386. The lowest BCUT2D eigenvalue weighted by Crippen LogP contribution is -2.32. The molecule has 0 bridgehead atoms. The summed E-state index contributed by atoms with van der Waals surface area (Å²) in [5.41, 5.74) is 5.29. The molecular formula is C6H14N2. The highest BCUT2D eigenvalue weighted by molar-refractivity contribution is 5.53. The Morgan fingerprint density at radius 1 is 1.75 bits per heavy atom. The SMILES string of the molecule is CC=NC(C)(N)CC. The molecule has 0 radical (unpaired) electrons. The minimum Gasteiger partial charge on any atom is -0.307 e. The van der Waals surface area contributed by atoms with Crippen molar-refractivity contribution in [2.24, 2.45) is 10.7 Å². The van der Waals surface area contributed by atoms with Crippen molar-refractivity contribution in [3.05, 3.63) is 0 Å². The van der Waals surface area contributed by atoms with Crippen LogP contribution >= 0.6 is 0 Å². The molecule has 0 rings (SSSR count). The molecule has 0 heterocycles. The van der Waals surface area contributed by atoms with Gasteiger partial charge in [-0.1, -0.05) is 6.92 Å².